The van der Waals surface area contributed by atoms with Crippen molar-refractivity contribution in [2.75, 3.05) is 0 Å². The Morgan fingerprint density at radius 2 is 1.61 bits per heavy atom. The van der Waals surface area contributed by atoms with Gasteiger partial charge in [-0.2, -0.15) is 0 Å². The minimum Gasteiger partial charge on any atom is -0.499 e. The van der Waals surface area contributed by atoms with Gasteiger partial charge in [0.25, 0.3) is 0 Å². The van der Waals surface area contributed by atoms with E-state index < -0.39 is 0 Å². The summed E-state index contributed by atoms with van der Waals surface area (Å²) < 4.78 is 11.3. The van der Waals surface area contributed by atoms with Crippen LogP contribution in [0.3, 0.4) is 0 Å². The number of ether oxygens (including phenoxy) is 2. The Kier molecular flexibility index (Phi) is 8.24. The van der Waals surface area contributed by atoms with Crippen molar-refractivity contribution in [2.45, 2.75) is 6.92 Å². The van der Waals surface area contributed by atoms with Gasteiger partial charge in [-0.3, -0.25) is 0 Å². The van der Waals surface area contributed by atoms with E-state index in [4.69, 9.17) is 9.47 Å². The number of rotatable bonds is 4. The van der Waals surface area contributed by atoms with Gasteiger partial charge in [-0.05, 0) is 19.1 Å². The van der Waals surface area contributed by atoms with Crippen LogP contribution in [0.5, 0.6) is 23.3 Å². The molecule has 0 radical (unpaired) electrons. The van der Waals surface area contributed by atoms with Crippen LogP contribution in [0.25, 0.3) is 0 Å². The molecule has 0 aliphatic heterocycles. The molecule has 8 heteroatoms. The molecule has 7 nitrogen and oxygen atoms in total. The third-order valence-corrected chi connectivity index (χ3v) is 2.53. The molecule has 3 N–H and O–H groups in total. The first-order valence-corrected chi connectivity index (χ1v) is 6.22. The fourth-order valence-electron chi connectivity index (χ4n) is 1.63. The van der Waals surface area contributed by atoms with E-state index >= 15 is 0 Å². The molecule has 2 heterocycles. The average Bonchev–Trinajstić information content (AvgIpc) is 2.49. The Morgan fingerprint density at radius 3 is 2.26 bits per heavy atom. The fraction of sp³-hybridized carbons (Fsp3) is 0.0667. The second-order valence-corrected chi connectivity index (χ2v) is 4.16. The summed E-state index contributed by atoms with van der Waals surface area (Å²) in [4.78, 5) is 15.8. The van der Waals surface area contributed by atoms with Crippen LogP contribution in [0, 0.1) is 13.1 Å². The number of aromatic nitrogens is 4. The molecule has 0 bridgehead atoms. The van der Waals surface area contributed by atoms with Crippen LogP contribution in [0.2, 0.25) is 0 Å². The molecule has 3 aromatic rings. The van der Waals surface area contributed by atoms with Crippen LogP contribution in [-0.4, -0.2) is 19.9 Å². The van der Waals surface area contributed by atoms with Crippen molar-refractivity contribution in [1.29, 1.82) is 0 Å². The minimum absolute atomic E-state index is 0. The maximum atomic E-state index is 5.67. The Labute approximate surface area is 175 Å². The van der Waals surface area contributed by atoms with E-state index in [-0.39, 0.29) is 56.9 Å². The fourth-order valence-corrected chi connectivity index (χ4v) is 1.63. The van der Waals surface area contributed by atoms with Gasteiger partial charge in [0.05, 0.1) is 0 Å². The van der Waals surface area contributed by atoms with Gasteiger partial charge in [0.1, 0.15) is 23.7 Å². The van der Waals surface area contributed by atoms with Gasteiger partial charge in [-0.15, -0.1) is 0 Å². The molecule has 112 valence electrons. The normalized spacial score (nSPS) is 9.26. The molecule has 0 fully saturated rings. The summed E-state index contributed by atoms with van der Waals surface area (Å²) in [6.45, 7) is 1.87. The molecule has 0 aliphatic carbocycles. The van der Waals surface area contributed by atoms with Crippen molar-refractivity contribution < 1.29 is 66.3 Å². The van der Waals surface area contributed by atoms with Crippen molar-refractivity contribution in [1.82, 2.24) is 19.9 Å². The van der Waals surface area contributed by atoms with Crippen molar-refractivity contribution in [3.63, 3.8) is 0 Å². The first-order chi connectivity index (χ1) is 10.3. The Hall–Kier alpha value is -1.42. The summed E-state index contributed by atoms with van der Waals surface area (Å²) in [6.07, 6.45) is 5.49. The third kappa shape index (κ3) is 5.94. The summed E-state index contributed by atoms with van der Waals surface area (Å²) in [5, 5.41) is 0. The molecule has 3 rings (SSSR count). The summed E-state index contributed by atoms with van der Waals surface area (Å²) in [7, 11) is 0. The second-order valence-electron chi connectivity index (χ2n) is 4.16. The maximum Gasteiger partial charge on any atom is 1.00 e. The summed E-state index contributed by atoms with van der Waals surface area (Å²) in [5.41, 5.74) is 0.837. The van der Waals surface area contributed by atoms with Crippen molar-refractivity contribution >= 4 is 0 Å². The summed E-state index contributed by atoms with van der Waals surface area (Å²) in [6, 6.07) is 10.5. The monoisotopic (exact) mass is 337 g/mol. The van der Waals surface area contributed by atoms with Crippen molar-refractivity contribution in [3.8, 4) is 23.3 Å². The zero-order chi connectivity index (χ0) is 14.5. The molecule has 23 heavy (non-hydrogen) atoms. The molecular formula is C15H14KN4O3+. The van der Waals surface area contributed by atoms with Crippen LogP contribution in [-0.2, 0) is 5.48 Å². The summed E-state index contributed by atoms with van der Waals surface area (Å²) >= 11 is 0. The SMILES string of the molecule is Cc1cc(Oc2cccc(Oc3c[c-]ncn3)c2)ncn1.[K+].[OH3+]. The second kappa shape index (κ2) is 9.66. The standard InChI is InChI=1S/C15H11N4O2.K.H2O/c1-11-7-15(19-10-17-11)21-13-4-2-3-12(8-13)20-14-5-6-16-9-18-14;;/h2-5,7-10H,1H3;;1H2/q-1;+1;/p+1. The molecule has 0 spiro atoms. The third-order valence-electron chi connectivity index (χ3n) is 2.53. The Balaban J connectivity index is 0.00000132. The van der Waals surface area contributed by atoms with E-state index in [0.29, 0.717) is 23.3 Å². The molecule has 0 amide bonds. The van der Waals surface area contributed by atoms with Gasteiger partial charge in [-0.25, -0.2) is 9.97 Å². The van der Waals surface area contributed by atoms with Gasteiger partial charge >= 0.3 is 51.4 Å². The first kappa shape index (κ1) is 19.6. The largest absolute Gasteiger partial charge is 1.00 e. The van der Waals surface area contributed by atoms with Crippen molar-refractivity contribution in [2.24, 2.45) is 0 Å². The topological polar surface area (TPSA) is 103 Å². The van der Waals surface area contributed by atoms with Crippen LogP contribution in [0.4, 0.5) is 0 Å². The predicted molar refractivity (Wildman–Crippen MR) is 79.1 cm³/mol. The van der Waals surface area contributed by atoms with E-state index in [2.05, 4.69) is 26.1 Å². The molecule has 0 aliphatic rings. The Bertz CT molecular complexity index is 744. The van der Waals surface area contributed by atoms with Crippen LogP contribution >= 0.6 is 0 Å². The van der Waals surface area contributed by atoms with Gasteiger partial charge < -0.3 is 24.9 Å². The smallest absolute Gasteiger partial charge is 0.499 e. The molecule has 1 aromatic carbocycles. The molecule has 0 unspecified atom stereocenters. The van der Waals surface area contributed by atoms with E-state index in [0.717, 1.165) is 5.69 Å². The zero-order valence-electron chi connectivity index (χ0n) is 12.8. The first-order valence-electron chi connectivity index (χ1n) is 6.22. The molecule has 0 saturated heterocycles. The van der Waals surface area contributed by atoms with Gasteiger partial charge in [-0.1, -0.05) is 18.3 Å². The summed E-state index contributed by atoms with van der Waals surface area (Å²) in [5.74, 6) is 2.11. The van der Waals surface area contributed by atoms with Gasteiger partial charge in [0, 0.05) is 24.2 Å². The van der Waals surface area contributed by atoms with Crippen LogP contribution in [0.1, 0.15) is 5.69 Å². The van der Waals surface area contributed by atoms with E-state index in [1.54, 1.807) is 24.3 Å². The average molecular weight is 337 g/mol. The van der Waals surface area contributed by atoms with Crippen LogP contribution < -0.4 is 60.9 Å². The quantitative estimate of drug-likeness (QED) is 0.345. The number of hydrogen-bond acceptors (Lipinski definition) is 6. The molecular weight excluding hydrogens is 323 g/mol. The van der Waals surface area contributed by atoms with Crippen LogP contribution in [0.15, 0.2) is 49.1 Å². The van der Waals surface area contributed by atoms with Crippen molar-refractivity contribution in [3.05, 3.63) is 60.9 Å². The molecule has 0 atom stereocenters. The van der Waals surface area contributed by atoms with Gasteiger partial charge in [0.2, 0.25) is 5.88 Å². The van der Waals surface area contributed by atoms with E-state index in [1.807, 2.05) is 19.1 Å². The van der Waals surface area contributed by atoms with Gasteiger partial charge in [0.15, 0.2) is 0 Å². The predicted octanol–water partition coefficient (Wildman–Crippen LogP) is -0.958. The zero-order valence-corrected chi connectivity index (χ0v) is 15.9. The number of benzene rings is 1. The molecule has 2 aromatic heterocycles. The number of aryl methyl sites for hydroxylation is 1. The number of nitrogens with zero attached hydrogens (tertiary/aromatic N) is 4. The number of hydrogen-bond donors (Lipinski definition) is 0. The van der Waals surface area contributed by atoms with E-state index in [1.165, 1.54) is 12.7 Å². The minimum atomic E-state index is 0. The molecule has 0 saturated carbocycles. The maximum absolute atomic E-state index is 5.67. The Morgan fingerprint density at radius 1 is 0.913 bits per heavy atom. The van der Waals surface area contributed by atoms with E-state index in [9.17, 15) is 0 Å².